The van der Waals surface area contributed by atoms with Gasteiger partial charge in [0.1, 0.15) is 0 Å². The molecule has 2 N–H and O–H groups in total. The second-order valence-corrected chi connectivity index (χ2v) is 5.63. The predicted molar refractivity (Wildman–Crippen MR) is 82.6 cm³/mol. The Balaban J connectivity index is 1.74. The fourth-order valence-electron chi connectivity index (χ4n) is 2.85. The fraction of sp³-hybridized carbons (Fsp3) is 0.438. The number of ether oxygens (including phenoxy) is 1. The van der Waals surface area contributed by atoms with Crippen molar-refractivity contribution in [3.8, 4) is 0 Å². The Morgan fingerprint density at radius 3 is 2.95 bits per heavy atom. The number of hydrogen-bond acceptors (Lipinski definition) is 4. The van der Waals surface area contributed by atoms with Crippen LogP contribution < -0.4 is 10.9 Å². The quantitative estimate of drug-likeness (QED) is 0.887. The number of nitrogens with zero attached hydrogens (tertiary/aromatic N) is 1. The summed E-state index contributed by atoms with van der Waals surface area (Å²) in [5, 5.41) is 10.7. The summed E-state index contributed by atoms with van der Waals surface area (Å²) >= 11 is 0. The number of nitrogens with one attached hydrogen (secondary N) is 2. The van der Waals surface area contributed by atoms with E-state index >= 15 is 0 Å². The summed E-state index contributed by atoms with van der Waals surface area (Å²) in [5.41, 5.74) is 0.333. The Morgan fingerprint density at radius 2 is 2.23 bits per heavy atom. The van der Waals surface area contributed by atoms with Gasteiger partial charge in [-0.1, -0.05) is 18.2 Å². The number of hydrogen-bond donors (Lipinski definition) is 2. The second-order valence-electron chi connectivity index (χ2n) is 5.63. The number of benzene rings is 1. The minimum Gasteiger partial charge on any atom is -0.376 e. The molecule has 6 heteroatoms. The molecular weight excluding hydrogens is 282 g/mol. The van der Waals surface area contributed by atoms with Crippen molar-refractivity contribution in [3.63, 3.8) is 0 Å². The Bertz CT molecular complexity index is 735. The van der Waals surface area contributed by atoms with E-state index in [0.717, 1.165) is 19.4 Å². The molecule has 116 valence electrons. The molecule has 0 bridgehead atoms. The van der Waals surface area contributed by atoms with Crippen LogP contribution in [0.4, 0.5) is 0 Å². The zero-order valence-electron chi connectivity index (χ0n) is 12.5. The first-order valence-corrected chi connectivity index (χ1v) is 7.52. The summed E-state index contributed by atoms with van der Waals surface area (Å²) in [5.74, 6) is -0.118. The van der Waals surface area contributed by atoms with E-state index in [1.165, 1.54) is 0 Å². The fourth-order valence-corrected chi connectivity index (χ4v) is 2.85. The van der Waals surface area contributed by atoms with E-state index in [-0.39, 0.29) is 30.0 Å². The molecule has 6 nitrogen and oxygen atoms in total. The molecule has 1 amide bonds. The lowest BCUT2D eigenvalue weighted by Gasteiger charge is -2.19. The smallest absolute Gasteiger partial charge is 0.272 e. The van der Waals surface area contributed by atoms with Gasteiger partial charge in [0.05, 0.1) is 29.6 Å². The average Bonchev–Trinajstić information content (AvgIpc) is 3.05. The molecule has 1 aromatic heterocycles. The molecule has 3 rings (SSSR count). The van der Waals surface area contributed by atoms with Gasteiger partial charge in [-0.2, -0.15) is 5.10 Å². The van der Waals surface area contributed by atoms with Crippen molar-refractivity contribution in [1.82, 2.24) is 15.5 Å². The molecule has 1 aromatic carbocycles. The number of fused-ring (bicyclic) bond motifs is 1. The van der Waals surface area contributed by atoms with Crippen molar-refractivity contribution in [2.75, 3.05) is 6.61 Å². The molecule has 1 saturated heterocycles. The summed E-state index contributed by atoms with van der Waals surface area (Å²) in [6.45, 7) is 2.71. The van der Waals surface area contributed by atoms with Gasteiger partial charge in [-0.15, -0.1) is 0 Å². The molecule has 0 saturated carbocycles. The van der Waals surface area contributed by atoms with Crippen LogP contribution in [-0.4, -0.2) is 34.9 Å². The molecule has 2 atom stereocenters. The van der Waals surface area contributed by atoms with E-state index < -0.39 is 0 Å². The maximum absolute atomic E-state index is 12.2. The van der Waals surface area contributed by atoms with Gasteiger partial charge in [-0.05, 0) is 25.8 Å². The minimum atomic E-state index is -0.243. The third kappa shape index (κ3) is 3.01. The average molecular weight is 301 g/mol. The van der Waals surface area contributed by atoms with Crippen LogP contribution >= 0.6 is 0 Å². The standard InChI is InChI=1S/C16H19N3O3/c1-10(14-7-4-8-22-14)17-15(20)9-13-11-5-2-3-6-12(11)16(21)19-18-13/h2-3,5-6,10,14H,4,7-9H2,1H3,(H,17,20)(H,19,21)/t10-,14+/m1/s1. The zero-order chi connectivity index (χ0) is 15.5. The van der Waals surface area contributed by atoms with Crippen LogP contribution in [0, 0.1) is 0 Å². The number of carbonyl (C=O) groups excluding carboxylic acids is 1. The molecule has 1 aliphatic heterocycles. The molecule has 0 radical (unpaired) electrons. The molecule has 2 aromatic rings. The van der Waals surface area contributed by atoms with E-state index in [1.54, 1.807) is 12.1 Å². The topological polar surface area (TPSA) is 84.1 Å². The monoisotopic (exact) mass is 301 g/mol. The highest BCUT2D eigenvalue weighted by Crippen LogP contribution is 2.16. The van der Waals surface area contributed by atoms with Crippen LogP contribution in [-0.2, 0) is 16.0 Å². The molecule has 0 unspecified atom stereocenters. The SMILES string of the molecule is C[C@@H](NC(=O)Cc1n[nH]c(=O)c2ccccc12)[C@@H]1CCCO1. The molecule has 0 aliphatic carbocycles. The summed E-state index contributed by atoms with van der Waals surface area (Å²) in [6, 6.07) is 7.14. The Hall–Kier alpha value is -2.21. The molecule has 1 aliphatic rings. The molecule has 1 fully saturated rings. The normalized spacial score (nSPS) is 19.2. The third-order valence-corrected chi connectivity index (χ3v) is 4.01. The summed E-state index contributed by atoms with van der Waals surface area (Å²) in [7, 11) is 0. The highest BCUT2D eigenvalue weighted by molar-refractivity contribution is 5.88. The van der Waals surface area contributed by atoms with Crippen LogP contribution in [0.3, 0.4) is 0 Å². The van der Waals surface area contributed by atoms with Gasteiger partial charge in [0.2, 0.25) is 5.91 Å². The minimum absolute atomic E-state index is 0.0241. The van der Waals surface area contributed by atoms with Gasteiger partial charge in [-0.25, -0.2) is 5.10 Å². The number of amides is 1. The number of carbonyl (C=O) groups is 1. The third-order valence-electron chi connectivity index (χ3n) is 4.01. The van der Waals surface area contributed by atoms with Crippen molar-refractivity contribution in [1.29, 1.82) is 0 Å². The first kappa shape index (κ1) is 14.7. The van der Waals surface area contributed by atoms with E-state index in [2.05, 4.69) is 15.5 Å². The highest BCUT2D eigenvalue weighted by atomic mass is 16.5. The first-order valence-electron chi connectivity index (χ1n) is 7.52. The molecule has 2 heterocycles. The Kier molecular flexibility index (Phi) is 4.20. The van der Waals surface area contributed by atoms with Crippen molar-refractivity contribution in [2.45, 2.75) is 38.3 Å². The lowest BCUT2D eigenvalue weighted by molar-refractivity contribution is -0.121. The van der Waals surface area contributed by atoms with E-state index in [1.807, 2.05) is 19.1 Å². The van der Waals surface area contributed by atoms with Crippen molar-refractivity contribution in [2.24, 2.45) is 0 Å². The van der Waals surface area contributed by atoms with Gasteiger partial charge in [-0.3, -0.25) is 9.59 Å². The van der Waals surface area contributed by atoms with Crippen LogP contribution in [0.2, 0.25) is 0 Å². The predicted octanol–water partition coefficient (Wildman–Crippen LogP) is 1.15. The largest absolute Gasteiger partial charge is 0.376 e. The van der Waals surface area contributed by atoms with Gasteiger partial charge >= 0.3 is 0 Å². The summed E-state index contributed by atoms with van der Waals surface area (Å²) < 4.78 is 5.57. The molecular formula is C16H19N3O3. The second kappa shape index (κ2) is 6.27. The van der Waals surface area contributed by atoms with Crippen molar-refractivity contribution in [3.05, 3.63) is 40.3 Å². The highest BCUT2D eigenvalue weighted by Gasteiger charge is 2.24. The van der Waals surface area contributed by atoms with Gasteiger partial charge in [0.25, 0.3) is 5.56 Å². The van der Waals surface area contributed by atoms with Crippen molar-refractivity contribution < 1.29 is 9.53 Å². The first-order chi connectivity index (χ1) is 10.6. The molecule has 22 heavy (non-hydrogen) atoms. The number of aromatic nitrogens is 2. The Labute approximate surface area is 127 Å². The maximum atomic E-state index is 12.2. The lowest BCUT2D eigenvalue weighted by Crippen LogP contribution is -2.41. The van der Waals surface area contributed by atoms with E-state index in [0.29, 0.717) is 16.5 Å². The molecule has 0 spiro atoms. The van der Waals surface area contributed by atoms with Crippen LogP contribution in [0.1, 0.15) is 25.5 Å². The van der Waals surface area contributed by atoms with Gasteiger partial charge in [0.15, 0.2) is 0 Å². The maximum Gasteiger partial charge on any atom is 0.272 e. The number of aromatic amines is 1. The van der Waals surface area contributed by atoms with Crippen LogP contribution in [0.5, 0.6) is 0 Å². The van der Waals surface area contributed by atoms with Crippen LogP contribution in [0.25, 0.3) is 10.8 Å². The van der Waals surface area contributed by atoms with Crippen LogP contribution in [0.15, 0.2) is 29.1 Å². The van der Waals surface area contributed by atoms with Gasteiger partial charge < -0.3 is 10.1 Å². The Morgan fingerprint density at radius 1 is 1.45 bits per heavy atom. The van der Waals surface area contributed by atoms with Crippen molar-refractivity contribution >= 4 is 16.7 Å². The zero-order valence-corrected chi connectivity index (χ0v) is 12.5. The number of rotatable bonds is 4. The van der Waals surface area contributed by atoms with E-state index in [4.69, 9.17) is 4.74 Å². The number of H-pyrrole nitrogens is 1. The van der Waals surface area contributed by atoms with E-state index in [9.17, 15) is 9.59 Å². The lowest BCUT2D eigenvalue weighted by atomic mass is 10.1. The summed E-state index contributed by atoms with van der Waals surface area (Å²) in [4.78, 5) is 23.9. The summed E-state index contributed by atoms with van der Waals surface area (Å²) in [6.07, 6.45) is 2.23. The van der Waals surface area contributed by atoms with Gasteiger partial charge in [0, 0.05) is 12.0 Å².